The molecule has 6 heteroatoms. The molecular formula is C13H21ClN2O2S. The Kier molecular flexibility index (Phi) is 6.79. The van der Waals surface area contributed by atoms with Gasteiger partial charge in [0.15, 0.2) is 0 Å². The van der Waals surface area contributed by atoms with E-state index < -0.39 is 6.10 Å². The van der Waals surface area contributed by atoms with Crippen LogP contribution in [0.2, 0.25) is 0 Å². The van der Waals surface area contributed by atoms with E-state index >= 15 is 0 Å². The minimum absolute atomic E-state index is 0. The maximum absolute atomic E-state index is 12.0. The van der Waals surface area contributed by atoms with Gasteiger partial charge in [-0.05, 0) is 47.7 Å². The molecule has 1 aliphatic carbocycles. The van der Waals surface area contributed by atoms with Crippen molar-refractivity contribution in [1.29, 1.82) is 0 Å². The molecule has 0 bridgehead atoms. The van der Waals surface area contributed by atoms with Gasteiger partial charge in [-0.2, -0.15) is 11.3 Å². The third-order valence-corrected chi connectivity index (χ3v) is 4.40. The van der Waals surface area contributed by atoms with Gasteiger partial charge >= 0.3 is 0 Å². The van der Waals surface area contributed by atoms with Crippen LogP contribution >= 0.6 is 23.7 Å². The summed E-state index contributed by atoms with van der Waals surface area (Å²) in [6.45, 7) is 0.856. The number of rotatable bonds is 5. The molecule has 0 saturated heterocycles. The minimum Gasteiger partial charge on any atom is -0.387 e. The average Bonchev–Trinajstić information content (AvgIpc) is 3.04. The van der Waals surface area contributed by atoms with Crippen molar-refractivity contribution >= 4 is 29.7 Å². The number of carbonyl (C=O) groups excluding carboxylic acids is 1. The van der Waals surface area contributed by atoms with Gasteiger partial charge in [-0.15, -0.1) is 12.4 Å². The summed E-state index contributed by atoms with van der Waals surface area (Å²) >= 11 is 1.54. The van der Waals surface area contributed by atoms with Gasteiger partial charge in [0, 0.05) is 12.5 Å². The predicted molar refractivity (Wildman–Crippen MR) is 79.4 cm³/mol. The standard InChI is InChI=1S/C13H20N2O2S.ClH/c14-6-9-2-1-3-11(9)13(17)15-7-12(16)10-4-5-18-8-10;/h4-5,8-9,11-12,16H,1-3,6-7,14H2,(H,15,17);1H/t9-,11-,12?;/m1./s1. The smallest absolute Gasteiger partial charge is 0.223 e. The fourth-order valence-electron chi connectivity index (χ4n) is 2.57. The lowest BCUT2D eigenvalue weighted by molar-refractivity contribution is -0.126. The summed E-state index contributed by atoms with van der Waals surface area (Å²) in [5.74, 6) is 0.380. The number of amides is 1. The van der Waals surface area contributed by atoms with E-state index in [0.29, 0.717) is 12.5 Å². The average molecular weight is 305 g/mol. The molecule has 0 spiro atoms. The number of nitrogens with one attached hydrogen (secondary N) is 1. The first-order chi connectivity index (χ1) is 8.72. The molecule has 1 aromatic heterocycles. The second-order valence-electron chi connectivity index (χ2n) is 4.85. The van der Waals surface area contributed by atoms with E-state index in [1.54, 1.807) is 11.3 Å². The zero-order valence-corrected chi connectivity index (χ0v) is 12.4. The van der Waals surface area contributed by atoms with Crippen molar-refractivity contribution in [2.75, 3.05) is 13.1 Å². The maximum Gasteiger partial charge on any atom is 0.223 e. The van der Waals surface area contributed by atoms with Gasteiger partial charge in [0.05, 0.1) is 6.10 Å². The van der Waals surface area contributed by atoms with Crippen LogP contribution in [0.1, 0.15) is 30.9 Å². The molecule has 1 aromatic rings. The summed E-state index contributed by atoms with van der Waals surface area (Å²) < 4.78 is 0. The van der Waals surface area contributed by atoms with Crippen LogP contribution in [0.3, 0.4) is 0 Å². The maximum atomic E-state index is 12.0. The molecule has 0 aromatic carbocycles. The van der Waals surface area contributed by atoms with Gasteiger partial charge in [0.2, 0.25) is 5.91 Å². The Bertz CT molecular complexity index is 386. The number of thiophene rings is 1. The highest BCUT2D eigenvalue weighted by Gasteiger charge is 2.31. The molecule has 19 heavy (non-hydrogen) atoms. The fourth-order valence-corrected chi connectivity index (χ4v) is 3.28. The number of carbonyl (C=O) groups is 1. The van der Waals surface area contributed by atoms with Crippen LogP contribution in [0, 0.1) is 11.8 Å². The third-order valence-electron chi connectivity index (χ3n) is 3.70. The zero-order chi connectivity index (χ0) is 13.0. The summed E-state index contributed by atoms with van der Waals surface area (Å²) in [6.07, 6.45) is 2.43. The Labute approximate surface area is 123 Å². The van der Waals surface area contributed by atoms with Crippen LogP contribution in [0.4, 0.5) is 0 Å². The summed E-state index contributed by atoms with van der Waals surface area (Å²) in [7, 11) is 0. The number of hydrogen-bond donors (Lipinski definition) is 3. The lowest BCUT2D eigenvalue weighted by atomic mass is 9.95. The summed E-state index contributed by atoms with van der Waals surface area (Å²) in [4.78, 5) is 12.0. The number of hydrogen-bond acceptors (Lipinski definition) is 4. The van der Waals surface area contributed by atoms with Gasteiger partial charge in [-0.25, -0.2) is 0 Å². The second-order valence-corrected chi connectivity index (χ2v) is 5.63. The molecule has 1 unspecified atom stereocenters. The van der Waals surface area contributed by atoms with Gasteiger partial charge in [-0.1, -0.05) is 6.42 Å². The van der Waals surface area contributed by atoms with E-state index in [1.807, 2.05) is 16.8 Å². The van der Waals surface area contributed by atoms with Crippen molar-refractivity contribution in [2.45, 2.75) is 25.4 Å². The van der Waals surface area contributed by atoms with Crippen LogP contribution in [0.5, 0.6) is 0 Å². The van der Waals surface area contributed by atoms with Crippen molar-refractivity contribution in [3.05, 3.63) is 22.4 Å². The van der Waals surface area contributed by atoms with Crippen molar-refractivity contribution in [3.8, 4) is 0 Å². The molecule has 1 fully saturated rings. The van der Waals surface area contributed by atoms with Crippen molar-refractivity contribution < 1.29 is 9.90 Å². The number of aliphatic hydroxyl groups is 1. The fraction of sp³-hybridized carbons (Fsp3) is 0.615. The molecule has 2 rings (SSSR count). The number of nitrogens with two attached hydrogens (primary N) is 1. The largest absolute Gasteiger partial charge is 0.387 e. The second kappa shape index (κ2) is 7.85. The van der Waals surface area contributed by atoms with E-state index in [2.05, 4.69) is 5.32 Å². The highest BCUT2D eigenvalue weighted by molar-refractivity contribution is 7.07. The van der Waals surface area contributed by atoms with Crippen LogP contribution in [-0.2, 0) is 4.79 Å². The molecule has 4 N–H and O–H groups in total. The van der Waals surface area contributed by atoms with E-state index in [1.165, 1.54) is 0 Å². The van der Waals surface area contributed by atoms with Crippen molar-refractivity contribution in [2.24, 2.45) is 17.6 Å². The quantitative estimate of drug-likeness (QED) is 0.775. The summed E-state index contributed by atoms with van der Waals surface area (Å²) in [5, 5.41) is 16.5. The molecule has 108 valence electrons. The molecule has 0 radical (unpaired) electrons. The highest BCUT2D eigenvalue weighted by Crippen LogP contribution is 2.31. The van der Waals surface area contributed by atoms with Crippen molar-refractivity contribution in [1.82, 2.24) is 5.32 Å². The van der Waals surface area contributed by atoms with Gasteiger partial charge < -0.3 is 16.2 Å². The molecule has 1 saturated carbocycles. The SMILES string of the molecule is Cl.NC[C@H]1CCC[C@H]1C(=O)NCC(O)c1ccsc1. The normalized spacial score (nSPS) is 23.7. The summed E-state index contributed by atoms with van der Waals surface area (Å²) in [6, 6.07) is 1.87. The van der Waals surface area contributed by atoms with Gasteiger partial charge in [0.1, 0.15) is 0 Å². The molecule has 1 aliphatic rings. The Hall–Kier alpha value is -0.620. The first kappa shape index (κ1) is 16.4. The topological polar surface area (TPSA) is 75.4 Å². The Morgan fingerprint density at radius 2 is 2.37 bits per heavy atom. The van der Waals surface area contributed by atoms with Crippen LogP contribution in [-0.4, -0.2) is 24.1 Å². The third kappa shape index (κ3) is 4.18. The molecule has 0 aliphatic heterocycles. The molecule has 1 heterocycles. The zero-order valence-electron chi connectivity index (χ0n) is 10.7. The monoisotopic (exact) mass is 304 g/mol. The molecular weight excluding hydrogens is 284 g/mol. The van der Waals surface area contributed by atoms with Crippen LogP contribution in [0.25, 0.3) is 0 Å². The Balaban J connectivity index is 0.00000180. The molecule has 3 atom stereocenters. The van der Waals surface area contributed by atoms with Gasteiger partial charge in [0.25, 0.3) is 0 Å². The van der Waals surface area contributed by atoms with Crippen LogP contribution < -0.4 is 11.1 Å². The minimum atomic E-state index is -0.613. The van der Waals surface area contributed by atoms with Gasteiger partial charge in [-0.3, -0.25) is 4.79 Å². The number of aliphatic hydroxyl groups excluding tert-OH is 1. The van der Waals surface area contributed by atoms with E-state index in [9.17, 15) is 9.90 Å². The predicted octanol–water partition coefficient (Wildman–Crippen LogP) is 1.69. The summed E-state index contributed by atoms with van der Waals surface area (Å²) in [5.41, 5.74) is 6.53. The van der Waals surface area contributed by atoms with Crippen molar-refractivity contribution in [3.63, 3.8) is 0 Å². The number of halogens is 1. The lowest BCUT2D eigenvalue weighted by Crippen LogP contribution is -2.37. The van der Waals surface area contributed by atoms with E-state index in [0.717, 1.165) is 24.8 Å². The highest BCUT2D eigenvalue weighted by atomic mass is 35.5. The Morgan fingerprint density at radius 1 is 1.58 bits per heavy atom. The van der Waals surface area contributed by atoms with E-state index in [4.69, 9.17) is 5.73 Å². The first-order valence-corrected chi connectivity index (χ1v) is 7.34. The van der Waals surface area contributed by atoms with Crippen LogP contribution in [0.15, 0.2) is 16.8 Å². The Morgan fingerprint density at radius 3 is 3.00 bits per heavy atom. The van der Waals surface area contributed by atoms with E-state index in [-0.39, 0.29) is 30.8 Å². The molecule has 4 nitrogen and oxygen atoms in total. The first-order valence-electron chi connectivity index (χ1n) is 6.40. The lowest BCUT2D eigenvalue weighted by Gasteiger charge is -2.18. The molecule has 1 amide bonds.